The average molecular weight is 445 g/mol. The van der Waals surface area contributed by atoms with Gasteiger partial charge in [-0.05, 0) is 56.9 Å². The first-order valence-electron chi connectivity index (χ1n) is 11.3. The van der Waals surface area contributed by atoms with Crippen molar-refractivity contribution in [3.05, 3.63) is 53.3 Å². The lowest BCUT2D eigenvalue weighted by Gasteiger charge is -2.16. The number of nitrogens with zero attached hydrogens (tertiary/aromatic N) is 5. The van der Waals surface area contributed by atoms with E-state index in [0.29, 0.717) is 35.6 Å². The average Bonchev–Trinajstić information content (AvgIpc) is 3.26. The van der Waals surface area contributed by atoms with Gasteiger partial charge in [-0.25, -0.2) is 9.67 Å². The van der Waals surface area contributed by atoms with Crippen LogP contribution in [0.4, 0.5) is 5.95 Å². The Bertz CT molecular complexity index is 1350. The fourth-order valence-electron chi connectivity index (χ4n) is 4.56. The lowest BCUT2D eigenvalue weighted by atomic mass is 10.1. The summed E-state index contributed by atoms with van der Waals surface area (Å²) in [5.74, 6) is 1.40. The second-order valence-corrected chi connectivity index (χ2v) is 8.86. The number of benzene rings is 1. The highest BCUT2D eigenvalue weighted by Gasteiger charge is 2.22. The van der Waals surface area contributed by atoms with Crippen LogP contribution in [0.1, 0.15) is 41.5 Å². The number of aromatic nitrogens is 5. The van der Waals surface area contributed by atoms with E-state index in [-0.39, 0.29) is 5.91 Å². The third-order valence-corrected chi connectivity index (χ3v) is 6.10. The van der Waals surface area contributed by atoms with Crippen LogP contribution < -0.4 is 10.1 Å². The molecule has 1 aromatic carbocycles. The van der Waals surface area contributed by atoms with Crippen LogP contribution in [0.5, 0.6) is 5.88 Å². The molecule has 5 rings (SSSR count). The van der Waals surface area contributed by atoms with Crippen LogP contribution in [0.15, 0.2) is 36.4 Å². The molecule has 4 aromatic rings. The minimum atomic E-state index is -0.218. The van der Waals surface area contributed by atoms with Crippen molar-refractivity contribution in [1.29, 1.82) is 0 Å². The number of pyridine rings is 1. The zero-order valence-corrected chi connectivity index (χ0v) is 19.4. The normalized spacial score (nSPS) is 16.8. The topological polar surface area (TPSA) is 86.9 Å². The van der Waals surface area contributed by atoms with Gasteiger partial charge < -0.3 is 9.30 Å². The minimum Gasteiger partial charge on any atom is -0.477 e. The summed E-state index contributed by atoms with van der Waals surface area (Å²) in [6.07, 6.45) is 1.89. The van der Waals surface area contributed by atoms with E-state index >= 15 is 0 Å². The van der Waals surface area contributed by atoms with Crippen LogP contribution >= 0.6 is 0 Å². The summed E-state index contributed by atoms with van der Waals surface area (Å²) in [5.41, 5.74) is 5.47. The van der Waals surface area contributed by atoms with Crippen LogP contribution in [-0.2, 0) is 13.6 Å². The molecule has 0 radical (unpaired) electrons. The second kappa shape index (κ2) is 8.35. The highest BCUT2D eigenvalue weighted by molar-refractivity contribution is 6.04. The van der Waals surface area contributed by atoms with Crippen molar-refractivity contribution in [1.82, 2.24) is 24.3 Å². The molecule has 0 spiro atoms. The molecule has 170 valence electrons. The number of aryl methyl sites for hydroxylation is 3. The molecule has 8 nitrogen and oxygen atoms in total. The lowest BCUT2D eigenvalue weighted by Crippen LogP contribution is -2.18. The second-order valence-electron chi connectivity index (χ2n) is 8.86. The highest BCUT2D eigenvalue weighted by Crippen LogP contribution is 2.33. The summed E-state index contributed by atoms with van der Waals surface area (Å²) < 4.78 is 10.0. The van der Waals surface area contributed by atoms with Gasteiger partial charge in [0.05, 0.1) is 34.6 Å². The molecule has 0 unspecified atom stereocenters. The molecule has 33 heavy (non-hydrogen) atoms. The fourth-order valence-corrected chi connectivity index (χ4v) is 4.56. The Labute approximate surface area is 192 Å². The van der Waals surface area contributed by atoms with Gasteiger partial charge in [0.15, 0.2) is 0 Å². The number of imidazole rings is 1. The molecule has 1 N–H and O–H groups in total. The summed E-state index contributed by atoms with van der Waals surface area (Å²) in [5, 5.41) is 7.60. The molecular weight excluding hydrogens is 416 g/mol. The van der Waals surface area contributed by atoms with E-state index in [0.717, 1.165) is 47.4 Å². The van der Waals surface area contributed by atoms with Crippen LogP contribution in [0, 0.1) is 19.8 Å². The highest BCUT2D eigenvalue weighted by atomic mass is 16.5. The van der Waals surface area contributed by atoms with Crippen molar-refractivity contribution in [2.45, 2.75) is 40.2 Å². The van der Waals surface area contributed by atoms with Crippen LogP contribution in [0.3, 0.4) is 0 Å². The van der Waals surface area contributed by atoms with Gasteiger partial charge in [-0.15, -0.1) is 0 Å². The minimum absolute atomic E-state index is 0.218. The number of carbonyl (C=O) groups excluding carboxylic acids is 1. The molecule has 4 heterocycles. The van der Waals surface area contributed by atoms with Crippen LogP contribution in [0.25, 0.3) is 22.3 Å². The number of hydrogen-bond acceptors (Lipinski definition) is 5. The number of nitrogens with one attached hydrogen (secondary N) is 1. The van der Waals surface area contributed by atoms with Crippen molar-refractivity contribution >= 4 is 22.9 Å². The molecule has 1 atom stereocenters. The van der Waals surface area contributed by atoms with Gasteiger partial charge in [0, 0.05) is 24.8 Å². The first-order chi connectivity index (χ1) is 15.9. The molecule has 3 aromatic heterocycles. The van der Waals surface area contributed by atoms with E-state index in [1.54, 1.807) is 16.8 Å². The number of anilines is 1. The lowest BCUT2D eigenvalue weighted by molar-refractivity contribution is 0.102. The third kappa shape index (κ3) is 3.97. The molecule has 1 aliphatic rings. The predicted molar refractivity (Wildman–Crippen MR) is 127 cm³/mol. The zero-order valence-electron chi connectivity index (χ0n) is 19.4. The zero-order chi connectivity index (χ0) is 23.1. The molecule has 2 bridgehead atoms. The molecule has 0 fully saturated rings. The van der Waals surface area contributed by atoms with E-state index in [2.05, 4.69) is 21.9 Å². The standard InChI is InChI=1S/C25H28N6O2/c1-15-8-7-11-33-24-22(17(3)29-30(24)4)20-13-18(12-16(2)26-20)23(32)28-25-27-19-9-5-6-10-21(19)31(25)14-15/h5-6,9-10,12-13,15H,7-8,11,14H2,1-4H3,(H,27,28,32)/t15-/m1/s1. The van der Waals surface area contributed by atoms with Gasteiger partial charge >= 0.3 is 0 Å². The number of hydrogen-bond donors (Lipinski definition) is 1. The van der Waals surface area contributed by atoms with Crippen LogP contribution in [0.2, 0.25) is 0 Å². The number of fused-ring (bicyclic) bond motifs is 7. The largest absolute Gasteiger partial charge is 0.477 e. The number of rotatable bonds is 0. The van der Waals surface area contributed by atoms with E-state index in [9.17, 15) is 4.79 Å². The summed E-state index contributed by atoms with van der Waals surface area (Å²) in [6, 6.07) is 11.6. The van der Waals surface area contributed by atoms with Gasteiger partial charge in [0.2, 0.25) is 11.8 Å². The molecule has 8 heteroatoms. The Morgan fingerprint density at radius 3 is 2.82 bits per heavy atom. The number of ether oxygens (including phenoxy) is 1. The molecule has 1 aliphatic heterocycles. The first-order valence-corrected chi connectivity index (χ1v) is 11.3. The summed E-state index contributed by atoms with van der Waals surface area (Å²) in [7, 11) is 1.87. The molecule has 0 saturated carbocycles. The van der Waals surface area contributed by atoms with Crippen molar-refractivity contribution in [2.24, 2.45) is 13.0 Å². The molecule has 0 aliphatic carbocycles. The van der Waals surface area contributed by atoms with E-state index in [1.165, 1.54) is 0 Å². The van der Waals surface area contributed by atoms with E-state index < -0.39 is 0 Å². The number of para-hydroxylation sites is 2. The summed E-state index contributed by atoms with van der Waals surface area (Å²) in [4.78, 5) is 22.8. The fraction of sp³-hybridized carbons (Fsp3) is 0.360. The van der Waals surface area contributed by atoms with Crippen molar-refractivity contribution in [3.8, 4) is 17.1 Å². The Kier molecular flexibility index (Phi) is 5.36. The van der Waals surface area contributed by atoms with Gasteiger partial charge in [-0.1, -0.05) is 19.1 Å². The maximum absolute atomic E-state index is 13.3. The molecule has 0 saturated heterocycles. The number of carbonyl (C=O) groups is 1. The molecular formula is C25H28N6O2. The Balaban J connectivity index is 1.64. The summed E-state index contributed by atoms with van der Waals surface area (Å²) in [6.45, 7) is 7.38. The Morgan fingerprint density at radius 2 is 1.97 bits per heavy atom. The Morgan fingerprint density at radius 1 is 1.15 bits per heavy atom. The van der Waals surface area contributed by atoms with Gasteiger partial charge in [0.1, 0.15) is 0 Å². The van der Waals surface area contributed by atoms with E-state index in [1.807, 2.05) is 45.2 Å². The molecule has 1 amide bonds. The van der Waals surface area contributed by atoms with Gasteiger partial charge in [0.25, 0.3) is 5.91 Å². The smallest absolute Gasteiger partial charge is 0.258 e. The Hall–Kier alpha value is -3.68. The summed E-state index contributed by atoms with van der Waals surface area (Å²) >= 11 is 0. The maximum Gasteiger partial charge on any atom is 0.258 e. The van der Waals surface area contributed by atoms with Crippen molar-refractivity contribution < 1.29 is 9.53 Å². The number of amides is 1. The SMILES string of the molecule is Cc1cc2cc(n1)-c1c(C)nn(C)c1OCCC[C@@H](C)Cn1c(nc3ccccc31)NC2=O. The van der Waals surface area contributed by atoms with Gasteiger partial charge in [-0.3, -0.25) is 15.1 Å². The maximum atomic E-state index is 13.3. The quantitative estimate of drug-likeness (QED) is 0.431. The van der Waals surface area contributed by atoms with Gasteiger partial charge in [-0.2, -0.15) is 5.10 Å². The van der Waals surface area contributed by atoms with Crippen molar-refractivity contribution in [2.75, 3.05) is 11.9 Å². The monoisotopic (exact) mass is 444 g/mol. The first kappa shape index (κ1) is 21.2. The van der Waals surface area contributed by atoms with E-state index in [4.69, 9.17) is 14.7 Å². The van der Waals surface area contributed by atoms with Crippen molar-refractivity contribution in [3.63, 3.8) is 0 Å². The van der Waals surface area contributed by atoms with Crippen LogP contribution in [-0.4, -0.2) is 36.8 Å². The predicted octanol–water partition coefficient (Wildman–Crippen LogP) is 4.51. The third-order valence-electron chi connectivity index (χ3n) is 6.10.